The summed E-state index contributed by atoms with van der Waals surface area (Å²) < 4.78 is 1.05. The quantitative estimate of drug-likeness (QED) is 0.472. The van der Waals surface area contributed by atoms with Crippen LogP contribution in [0.3, 0.4) is 0 Å². The normalized spacial score (nSPS) is 16.1. The zero-order valence-corrected chi connectivity index (χ0v) is 15.3. The number of aliphatic hydroxyl groups is 1. The molecule has 6 heteroatoms. The van der Waals surface area contributed by atoms with Gasteiger partial charge < -0.3 is 21.2 Å². The molecule has 0 unspecified atom stereocenters. The standard InChI is InChI=1S/C11H14BrNO.C3H9N3.C2H6/c12-10-3-1-9(2-4-10)11(14)5-7-13-8-6-11;1-6(5)3-2-4;1-2/h1-4,13-14H,5-8H2;2-3H,4-5H2,1H3;1-2H3/b;3-2-;. The Kier molecular flexibility index (Phi) is 10.9. The van der Waals surface area contributed by atoms with E-state index in [0.29, 0.717) is 0 Å². The summed E-state index contributed by atoms with van der Waals surface area (Å²) in [6.45, 7) is 5.79. The van der Waals surface area contributed by atoms with Gasteiger partial charge in [-0.15, -0.1) is 0 Å². The number of hydrazine groups is 1. The van der Waals surface area contributed by atoms with Crippen molar-refractivity contribution in [2.24, 2.45) is 11.6 Å². The fraction of sp³-hybridized carbons (Fsp3) is 0.500. The summed E-state index contributed by atoms with van der Waals surface area (Å²) in [7, 11) is 1.70. The number of halogens is 1. The highest BCUT2D eigenvalue weighted by Crippen LogP contribution is 2.30. The molecule has 1 aliphatic heterocycles. The van der Waals surface area contributed by atoms with Crippen molar-refractivity contribution in [1.82, 2.24) is 10.3 Å². The maximum atomic E-state index is 10.4. The van der Waals surface area contributed by atoms with Crippen molar-refractivity contribution in [3.63, 3.8) is 0 Å². The van der Waals surface area contributed by atoms with Crippen LogP contribution in [0.15, 0.2) is 41.1 Å². The smallest absolute Gasteiger partial charge is 0.0920 e. The molecule has 0 aliphatic carbocycles. The van der Waals surface area contributed by atoms with E-state index in [1.807, 2.05) is 38.1 Å². The summed E-state index contributed by atoms with van der Waals surface area (Å²) in [4.78, 5) is 0. The highest BCUT2D eigenvalue weighted by Gasteiger charge is 2.30. The fourth-order valence-electron chi connectivity index (χ4n) is 2.02. The number of nitrogens with zero attached hydrogens (tertiary/aromatic N) is 1. The Morgan fingerprint density at radius 2 is 1.73 bits per heavy atom. The van der Waals surface area contributed by atoms with Gasteiger partial charge in [-0.3, -0.25) is 0 Å². The minimum atomic E-state index is -0.619. The van der Waals surface area contributed by atoms with Crippen LogP contribution in [0.2, 0.25) is 0 Å². The molecule has 0 amide bonds. The van der Waals surface area contributed by atoms with Crippen LogP contribution in [0, 0.1) is 0 Å². The van der Waals surface area contributed by atoms with E-state index in [1.54, 1.807) is 13.2 Å². The Balaban J connectivity index is 0.000000470. The van der Waals surface area contributed by atoms with Crippen molar-refractivity contribution in [2.75, 3.05) is 20.1 Å². The lowest BCUT2D eigenvalue weighted by Crippen LogP contribution is -2.39. The molecule has 1 aromatic rings. The molecule has 0 bridgehead atoms. The van der Waals surface area contributed by atoms with Crippen LogP contribution in [-0.4, -0.2) is 30.3 Å². The largest absolute Gasteiger partial charge is 0.403 e. The molecule has 5 nitrogen and oxygen atoms in total. The van der Waals surface area contributed by atoms with Gasteiger partial charge in [0.05, 0.1) is 5.60 Å². The van der Waals surface area contributed by atoms with Crippen LogP contribution in [-0.2, 0) is 5.60 Å². The first-order chi connectivity index (χ1) is 10.5. The summed E-state index contributed by atoms with van der Waals surface area (Å²) >= 11 is 3.39. The molecule has 126 valence electrons. The summed E-state index contributed by atoms with van der Waals surface area (Å²) in [6.07, 6.45) is 4.53. The zero-order chi connectivity index (χ0) is 17.0. The van der Waals surface area contributed by atoms with Crippen LogP contribution < -0.4 is 16.9 Å². The summed E-state index contributed by atoms with van der Waals surface area (Å²) in [5.74, 6) is 5.07. The number of nitrogens with one attached hydrogen (secondary N) is 1. The monoisotopic (exact) mass is 372 g/mol. The number of rotatable bonds is 2. The second-order valence-electron chi connectivity index (χ2n) is 4.80. The van der Waals surface area contributed by atoms with Crippen LogP contribution in [0.5, 0.6) is 0 Å². The van der Waals surface area contributed by atoms with E-state index in [1.165, 1.54) is 11.2 Å². The summed E-state index contributed by atoms with van der Waals surface area (Å²) in [5.41, 5.74) is 5.34. The van der Waals surface area contributed by atoms with Crippen LogP contribution in [0.1, 0.15) is 32.3 Å². The molecular weight excluding hydrogens is 344 g/mol. The van der Waals surface area contributed by atoms with Crippen molar-refractivity contribution < 1.29 is 5.11 Å². The van der Waals surface area contributed by atoms with Gasteiger partial charge in [0.1, 0.15) is 0 Å². The summed E-state index contributed by atoms with van der Waals surface area (Å²) in [5, 5.41) is 15.0. The molecule has 0 atom stereocenters. The van der Waals surface area contributed by atoms with Crippen molar-refractivity contribution in [3.8, 4) is 0 Å². The average molecular weight is 373 g/mol. The molecule has 0 saturated carbocycles. The van der Waals surface area contributed by atoms with E-state index < -0.39 is 5.60 Å². The van der Waals surface area contributed by atoms with Gasteiger partial charge in [-0.1, -0.05) is 41.9 Å². The third kappa shape index (κ3) is 7.79. The van der Waals surface area contributed by atoms with Crippen molar-refractivity contribution in [1.29, 1.82) is 0 Å². The third-order valence-corrected chi connectivity index (χ3v) is 3.66. The van der Waals surface area contributed by atoms with Crippen molar-refractivity contribution >= 4 is 15.9 Å². The second-order valence-corrected chi connectivity index (χ2v) is 5.71. The van der Waals surface area contributed by atoms with Crippen molar-refractivity contribution in [2.45, 2.75) is 32.3 Å². The Labute approximate surface area is 142 Å². The van der Waals surface area contributed by atoms with Gasteiger partial charge in [-0.2, -0.15) is 0 Å². The SMILES string of the molecule is CC.CN(N)/C=C\N.OC1(c2ccc(Br)cc2)CCNCC1. The second kappa shape index (κ2) is 11.5. The first-order valence-corrected chi connectivity index (χ1v) is 8.32. The lowest BCUT2D eigenvalue weighted by Gasteiger charge is -2.33. The number of hydrogen-bond acceptors (Lipinski definition) is 5. The Morgan fingerprint density at radius 3 is 2.09 bits per heavy atom. The Morgan fingerprint density at radius 1 is 1.23 bits per heavy atom. The minimum absolute atomic E-state index is 0.619. The molecule has 1 heterocycles. The molecule has 1 saturated heterocycles. The number of nitrogens with two attached hydrogens (primary N) is 2. The predicted molar refractivity (Wildman–Crippen MR) is 96.8 cm³/mol. The maximum Gasteiger partial charge on any atom is 0.0920 e. The van der Waals surface area contributed by atoms with E-state index >= 15 is 0 Å². The molecule has 22 heavy (non-hydrogen) atoms. The minimum Gasteiger partial charge on any atom is -0.403 e. The van der Waals surface area contributed by atoms with E-state index in [9.17, 15) is 5.11 Å². The lowest BCUT2D eigenvalue weighted by molar-refractivity contribution is 0.00593. The van der Waals surface area contributed by atoms with E-state index in [0.717, 1.165) is 36.0 Å². The lowest BCUT2D eigenvalue weighted by atomic mass is 9.85. The van der Waals surface area contributed by atoms with Gasteiger partial charge in [0.25, 0.3) is 0 Å². The molecule has 1 fully saturated rings. The molecule has 0 radical (unpaired) electrons. The highest BCUT2D eigenvalue weighted by atomic mass is 79.9. The molecule has 1 aromatic carbocycles. The third-order valence-electron chi connectivity index (χ3n) is 3.13. The molecule has 0 aromatic heterocycles. The molecular formula is C16H29BrN4O. The molecule has 2 rings (SSSR count). The first-order valence-electron chi connectivity index (χ1n) is 7.53. The number of hydrogen-bond donors (Lipinski definition) is 4. The topological polar surface area (TPSA) is 87.5 Å². The molecule has 0 spiro atoms. The van der Waals surface area contributed by atoms with Gasteiger partial charge in [0, 0.05) is 23.9 Å². The van der Waals surface area contributed by atoms with Gasteiger partial charge in [-0.25, -0.2) is 5.84 Å². The number of benzene rings is 1. The van der Waals surface area contributed by atoms with Crippen LogP contribution in [0.25, 0.3) is 0 Å². The highest BCUT2D eigenvalue weighted by molar-refractivity contribution is 9.10. The molecule has 6 N–H and O–H groups in total. The Hall–Kier alpha value is -1.08. The first kappa shape index (κ1) is 20.9. The van der Waals surface area contributed by atoms with E-state index in [4.69, 9.17) is 11.6 Å². The predicted octanol–water partition coefficient (Wildman–Crippen LogP) is 2.27. The van der Waals surface area contributed by atoms with E-state index in [2.05, 4.69) is 21.2 Å². The van der Waals surface area contributed by atoms with E-state index in [-0.39, 0.29) is 0 Å². The van der Waals surface area contributed by atoms with Gasteiger partial charge >= 0.3 is 0 Å². The van der Waals surface area contributed by atoms with Gasteiger partial charge in [0.2, 0.25) is 0 Å². The van der Waals surface area contributed by atoms with Crippen LogP contribution in [0.4, 0.5) is 0 Å². The maximum absolute atomic E-state index is 10.4. The summed E-state index contributed by atoms with van der Waals surface area (Å²) in [6, 6.07) is 7.95. The number of piperidine rings is 1. The average Bonchev–Trinajstić information content (AvgIpc) is 2.51. The van der Waals surface area contributed by atoms with Crippen LogP contribution >= 0.6 is 15.9 Å². The zero-order valence-electron chi connectivity index (χ0n) is 13.7. The van der Waals surface area contributed by atoms with Crippen molar-refractivity contribution in [3.05, 3.63) is 46.7 Å². The molecule has 1 aliphatic rings. The van der Waals surface area contributed by atoms with Gasteiger partial charge in [-0.05, 0) is 43.6 Å². The fourth-order valence-corrected chi connectivity index (χ4v) is 2.29. The Bertz CT molecular complexity index is 415. The van der Waals surface area contributed by atoms with Gasteiger partial charge in [0.15, 0.2) is 0 Å².